The van der Waals surface area contributed by atoms with Crippen LogP contribution < -0.4 is 0 Å². The maximum absolute atomic E-state index is 11.9. The molecule has 1 aliphatic carbocycles. The lowest BCUT2D eigenvalue weighted by atomic mass is 10.0. The minimum absolute atomic E-state index is 0.245. The Bertz CT molecular complexity index is 241. The van der Waals surface area contributed by atoms with Gasteiger partial charge in [0, 0.05) is 12.5 Å². The van der Waals surface area contributed by atoms with Crippen molar-refractivity contribution >= 4 is 5.78 Å². The Morgan fingerprint density at radius 1 is 1.50 bits per heavy atom. The van der Waals surface area contributed by atoms with Crippen LogP contribution in [0.2, 0.25) is 0 Å². The molecule has 2 heteroatoms. The standard InChI is InChI=1S/C12H21NO/c1-9(2)7-10-5-6-11(12(10)14)8-13(3)4/h7,9,11H,5-6,8H2,1-4H3/b10-7+. The second kappa shape index (κ2) is 4.74. The summed E-state index contributed by atoms with van der Waals surface area (Å²) in [4.78, 5) is 14.0. The average Bonchev–Trinajstić information content (AvgIpc) is 2.34. The van der Waals surface area contributed by atoms with Crippen LogP contribution in [0.4, 0.5) is 0 Å². The molecule has 1 aliphatic rings. The normalized spacial score (nSPS) is 25.7. The molecule has 1 saturated carbocycles. The Labute approximate surface area is 87.0 Å². The first-order chi connectivity index (χ1) is 6.50. The molecule has 1 unspecified atom stereocenters. The molecule has 0 aromatic carbocycles. The molecule has 2 nitrogen and oxygen atoms in total. The fraction of sp³-hybridized carbons (Fsp3) is 0.750. The van der Waals surface area contributed by atoms with Crippen LogP contribution in [0.1, 0.15) is 26.7 Å². The van der Waals surface area contributed by atoms with Gasteiger partial charge in [0.2, 0.25) is 0 Å². The minimum atomic E-state index is 0.245. The number of ketones is 1. The van der Waals surface area contributed by atoms with Crippen molar-refractivity contribution in [1.82, 2.24) is 4.90 Å². The van der Waals surface area contributed by atoms with Gasteiger partial charge < -0.3 is 4.90 Å². The predicted octanol–water partition coefficient (Wildman–Crippen LogP) is 2.11. The molecule has 0 amide bonds. The van der Waals surface area contributed by atoms with Gasteiger partial charge in [0.05, 0.1) is 0 Å². The number of hydrogen-bond acceptors (Lipinski definition) is 2. The van der Waals surface area contributed by atoms with Crippen LogP contribution in [0.3, 0.4) is 0 Å². The van der Waals surface area contributed by atoms with Crippen LogP contribution in [-0.4, -0.2) is 31.3 Å². The minimum Gasteiger partial charge on any atom is -0.309 e. The van der Waals surface area contributed by atoms with E-state index in [9.17, 15) is 4.79 Å². The van der Waals surface area contributed by atoms with Crippen molar-refractivity contribution in [3.8, 4) is 0 Å². The van der Waals surface area contributed by atoms with E-state index in [0.29, 0.717) is 11.7 Å². The van der Waals surface area contributed by atoms with E-state index < -0.39 is 0 Å². The second-order valence-corrected chi connectivity index (χ2v) is 4.80. The summed E-state index contributed by atoms with van der Waals surface area (Å²) in [5, 5.41) is 0. The summed E-state index contributed by atoms with van der Waals surface area (Å²) in [6, 6.07) is 0. The second-order valence-electron chi connectivity index (χ2n) is 4.80. The van der Waals surface area contributed by atoms with E-state index in [0.717, 1.165) is 25.0 Å². The molecule has 1 rings (SSSR count). The summed E-state index contributed by atoms with van der Waals surface area (Å²) in [5.74, 6) is 1.12. The Balaban J connectivity index is 2.60. The number of Topliss-reactive ketones (excluding diaryl/α,β-unsaturated/α-hetero) is 1. The van der Waals surface area contributed by atoms with E-state index >= 15 is 0 Å². The number of allylic oxidation sites excluding steroid dienone is 2. The first kappa shape index (κ1) is 11.4. The third-order valence-corrected chi connectivity index (χ3v) is 2.57. The monoisotopic (exact) mass is 195 g/mol. The zero-order valence-corrected chi connectivity index (χ0v) is 9.71. The zero-order chi connectivity index (χ0) is 10.7. The summed E-state index contributed by atoms with van der Waals surface area (Å²) in [5.41, 5.74) is 1.06. The van der Waals surface area contributed by atoms with E-state index in [1.54, 1.807) is 0 Å². The van der Waals surface area contributed by atoms with Gasteiger partial charge in [-0.25, -0.2) is 0 Å². The summed E-state index contributed by atoms with van der Waals surface area (Å²) in [6.45, 7) is 5.15. The number of hydrogen-bond donors (Lipinski definition) is 0. The van der Waals surface area contributed by atoms with Crippen molar-refractivity contribution in [1.29, 1.82) is 0 Å². The highest BCUT2D eigenvalue weighted by atomic mass is 16.1. The van der Waals surface area contributed by atoms with Crippen LogP contribution >= 0.6 is 0 Å². The third-order valence-electron chi connectivity index (χ3n) is 2.57. The molecule has 0 N–H and O–H groups in total. The lowest BCUT2D eigenvalue weighted by molar-refractivity contribution is -0.118. The first-order valence-electron chi connectivity index (χ1n) is 5.40. The molecule has 0 aromatic heterocycles. The lowest BCUT2D eigenvalue weighted by Gasteiger charge is -2.13. The maximum atomic E-state index is 11.9. The fourth-order valence-electron chi connectivity index (χ4n) is 2.03. The van der Waals surface area contributed by atoms with Crippen molar-refractivity contribution < 1.29 is 4.79 Å². The Kier molecular flexibility index (Phi) is 3.87. The summed E-state index contributed by atoms with van der Waals surface area (Å²) < 4.78 is 0. The number of carbonyl (C=O) groups is 1. The van der Waals surface area contributed by atoms with Gasteiger partial charge in [-0.15, -0.1) is 0 Å². The highest BCUT2D eigenvalue weighted by Crippen LogP contribution is 2.27. The highest BCUT2D eigenvalue weighted by Gasteiger charge is 2.29. The van der Waals surface area contributed by atoms with Gasteiger partial charge >= 0.3 is 0 Å². The number of nitrogens with zero attached hydrogens (tertiary/aromatic N) is 1. The van der Waals surface area contributed by atoms with Gasteiger partial charge in [0.1, 0.15) is 0 Å². The summed E-state index contributed by atoms with van der Waals surface area (Å²) in [6.07, 6.45) is 4.14. The first-order valence-corrected chi connectivity index (χ1v) is 5.40. The van der Waals surface area contributed by atoms with Gasteiger partial charge in [-0.2, -0.15) is 0 Å². The Hall–Kier alpha value is -0.630. The molecule has 1 atom stereocenters. The molecule has 14 heavy (non-hydrogen) atoms. The number of carbonyl (C=O) groups excluding carboxylic acids is 1. The molecular formula is C12H21NO. The van der Waals surface area contributed by atoms with Gasteiger partial charge in [0.15, 0.2) is 5.78 Å². The maximum Gasteiger partial charge on any atom is 0.162 e. The van der Waals surface area contributed by atoms with Crippen LogP contribution in [0, 0.1) is 11.8 Å². The molecule has 80 valence electrons. The molecule has 0 aromatic rings. The fourth-order valence-corrected chi connectivity index (χ4v) is 2.03. The van der Waals surface area contributed by atoms with E-state index in [4.69, 9.17) is 0 Å². The summed E-state index contributed by atoms with van der Waals surface area (Å²) >= 11 is 0. The largest absolute Gasteiger partial charge is 0.309 e. The van der Waals surface area contributed by atoms with Crippen molar-refractivity contribution in [3.05, 3.63) is 11.6 Å². The molecule has 0 spiro atoms. The van der Waals surface area contributed by atoms with Gasteiger partial charge in [-0.1, -0.05) is 19.9 Å². The van der Waals surface area contributed by atoms with Crippen molar-refractivity contribution in [2.24, 2.45) is 11.8 Å². The van der Waals surface area contributed by atoms with Crippen molar-refractivity contribution in [3.63, 3.8) is 0 Å². The third kappa shape index (κ3) is 2.95. The van der Waals surface area contributed by atoms with E-state index in [1.165, 1.54) is 0 Å². The van der Waals surface area contributed by atoms with Gasteiger partial charge in [0.25, 0.3) is 0 Å². The predicted molar refractivity (Wildman–Crippen MR) is 59.2 cm³/mol. The SMILES string of the molecule is CC(C)/C=C1\CCC(CN(C)C)C1=O. The molecule has 0 heterocycles. The van der Waals surface area contributed by atoms with Crippen molar-refractivity contribution in [2.75, 3.05) is 20.6 Å². The van der Waals surface area contributed by atoms with E-state index in [2.05, 4.69) is 24.8 Å². The molecule has 0 bridgehead atoms. The van der Waals surface area contributed by atoms with Gasteiger partial charge in [-0.05, 0) is 38.4 Å². The van der Waals surface area contributed by atoms with E-state index in [-0.39, 0.29) is 5.92 Å². The Morgan fingerprint density at radius 2 is 2.14 bits per heavy atom. The summed E-state index contributed by atoms with van der Waals surface area (Å²) in [7, 11) is 4.05. The highest BCUT2D eigenvalue weighted by molar-refractivity contribution is 5.99. The Morgan fingerprint density at radius 3 is 2.64 bits per heavy atom. The van der Waals surface area contributed by atoms with Crippen LogP contribution in [0.15, 0.2) is 11.6 Å². The lowest BCUT2D eigenvalue weighted by Crippen LogP contribution is -2.24. The number of rotatable bonds is 3. The van der Waals surface area contributed by atoms with Crippen molar-refractivity contribution in [2.45, 2.75) is 26.7 Å². The van der Waals surface area contributed by atoms with Crippen LogP contribution in [-0.2, 0) is 4.79 Å². The van der Waals surface area contributed by atoms with Crippen LogP contribution in [0.25, 0.3) is 0 Å². The van der Waals surface area contributed by atoms with E-state index in [1.807, 2.05) is 14.1 Å². The quantitative estimate of drug-likeness (QED) is 0.643. The molecule has 1 fully saturated rings. The van der Waals surface area contributed by atoms with Crippen LogP contribution in [0.5, 0.6) is 0 Å². The topological polar surface area (TPSA) is 20.3 Å². The smallest absolute Gasteiger partial charge is 0.162 e. The molecular weight excluding hydrogens is 174 g/mol. The van der Waals surface area contributed by atoms with Gasteiger partial charge in [-0.3, -0.25) is 4.79 Å². The average molecular weight is 195 g/mol. The molecule has 0 radical (unpaired) electrons. The molecule has 0 aliphatic heterocycles. The molecule has 0 saturated heterocycles. The zero-order valence-electron chi connectivity index (χ0n) is 9.71.